The van der Waals surface area contributed by atoms with Crippen LogP contribution in [0, 0.1) is 0 Å². The number of nitrogens with zero attached hydrogens (tertiary/aromatic N) is 3. The van der Waals surface area contributed by atoms with E-state index in [0.717, 1.165) is 6.20 Å². The maximum Gasteiger partial charge on any atom is 0.434 e. The summed E-state index contributed by atoms with van der Waals surface area (Å²) in [6, 6.07) is 7.02. The van der Waals surface area contributed by atoms with E-state index < -0.39 is 17.8 Å². The molecule has 0 atom stereocenters. The van der Waals surface area contributed by atoms with Gasteiger partial charge in [0.25, 0.3) is 5.91 Å². The summed E-state index contributed by atoms with van der Waals surface area (Å²) < 4.78 is 43.3. The zero-order valence-corrected chi connectivity index (χ0v) is 14.3. The Morgan fingerprint density at radius 1 is 1.12 bits per heavy atom. The summed E-state index contributed by atoms with van der Waals surface area (Å²) in [5, 5.41) is 0.621. The highest BCUT2D eigenvalue weighted by Crippen LogP contribution is 2.27. The number of carbonyl (C=O) groups excluding carboxylic acids is 1. The molecule has 1 amide bonds. The first-order valence-electron chi connectivity index (χ1n) is 7.93. The molecule has 1 aromatic carbocycles. The highest BCUT2D eigenvalue weighted by molar-refractivity contribution is 6.30. The van der Waals surface area contributed by atoms with Gasteiger partial charge >= 0.3 is 6.18 Å². The summed E-state index contributed by atoms with van der Waals surface area (Å²) >= 11 is 5.83. The van der Waals surface area contributed by atoms with Crippen molar-refractivity contribution in [2.24, 2.45) is 0 Å². The van der Waals surface area contributed by atoms with Crippen molar-refractivity contribution in [1.82, 2.24) is 14.9 Å². The molecule has 1 aliphatic rings. The number of benzene rings is 1. The van der Waals surface area contributed by atoms with Gasteiger partial charge in [0.05, 0.1) is 12.4 Å². The minimum absolute atomic E-state index is 0.0427. The molecule has 0 spiro atoms. The lowest BCUT2D eigenvalue weighted by molar-refractivity contribution is -0.141. The Morgan fingerprint density at radius 2 is 1.77 bits per heavy atom. The van der Waals surface area contributed by atoms with Gasteiger partial charge in [-0.15, -0.1) is 0 Å². The maximum absolute atomic E-state index is 12.5. The van der Waals surface area contributed by atoms with Gasteiger partial charge in [-0.25, -0.2) is 9.97 Å². The van der Waals surface area contributed by atoms with Gasteiger partial charge in [0.2, 0.25) is 0 Å². The van der Waals surface area contributed by atoms with Gasteiger partial charge in [-0.1, -0.05) is 11.6 Å². The van der Waals surface area contributed by atoms with Crippen molar-refractivity contribution in [2.75, 3.05) is 13.1 Å². The molecule has 0 radical (unpaired) electrons. The Balaban J connectivity index is 1.55. The predicted octanol–water partition coefficient (Wildman–Crippen LogP) is 3.83. The minimum Gasteiger partial charge on any atom is -0.490 e. The number of rotatable bonds is 3. The first kappa shape index (κ1) is 18.4. The number of hydrogen-bond acceptors (Lipinski definition) is 4. The fourth-order valence-corrected chi connectivity index (χ4v) is 2.76. The highest BCUT2D eigenvalue weighted by Gasteiger charge is 2.33. The molecule has 2 heterocycles. The second-order valence-electron chi connectivity index (χ2n) is 5.85. The summed E-state index contributed by atoms with van der Waals surface area (Å²) in [6.45, 7) is 0.861. The van der Waals surface area contributed by atoms with Crippen LogP contribution < -0.4 is 4.74 Å². The number of piperidine rings is 1. The minimum atomic E-state index is -4.58. The van der Waals surface area contributed by atoms with E-state index in [1.165, 1.54) is 0 Å². The van der Waals surface area contributed by atoms with Crippen molar-refractivity contribution >= 4 is 17.5 Å². The number of hydrogen-bond donors (Lipinski definition) is 0. The molecule has 0 aliphatic carbocycles. The lowest BCUT2D eigenvalue weighted by Crippen LogP contribution is -2.42. The van der Waals surface area contributed by atoms with Gasteiger partial charge in [0.15, 0.2) is 5.69 Å². The van der Waals surface area contributed by atoms with Crippen molar-refractivity contribution in [3.63, 3.8) is 0 Å². The fourth-order valence-electron chi connectivity index (χ4n) is 2.63. The topological polar surface area (TPSA) is 55.3 Å². The largest absolute Gasteiger partial charge is 0.490 e. The fraction of sp³-hybridized carbons (Fsp3) is 0.353. The van der Waals surface area contributed by atoms with Crippen LogP contribution in [0.2, 0.25) is 5.02 Å². The molecule has 9 heteroatoms. The van der Waals surface area contributed by atoms with Crippen LogP contribution in [0.4, 0.5) is 13.2 Å². The van der Waals surface area contributed by atoms with Crippen LogP contribution in [0.25, 0.3) is 0 Å². The molecule has 1 saturated heterocycles. The first-order valence-corrected chi connectivity index (χ1v) is 8.31. The quantitative estimate of drug-likeness (QED) is 0.805. The molecule has 1 aromatic heterocycles. The molecule has 0 bridgehead atoms. The van der Waals surface area contributed by atoms with Crippen molar-refractivity contribution in [3.8, 4) is 5.75 Å². The average molecular weight is 386 g/mol. The SMILES string of the molecule is O=C(c1cnc(C(F)(F)F)cn1)N1CCC(Oc2ccc(Cl)cc2)CC1. The van der Waals surface area contributed by atoms with E-state index in [4.69, 9.17) is 16.3 Å². The van der Waals surface area contributed by atoms with Crippen LogP contribution in [0.15, 0.2) is 36.7 Å². The van der Waals surface area contributed by atoms with E-state index in [-0.39, 0.29) is 11.8 Å². The molecule has 0 unspecified atom stereocenters. The smallest absolute Gasteiger partial charge is 0.434 e. The molecule has 0 N–H and O–H groups in total. The molecule has 1 fully saturated rings. The predicted molar refractivity (Wildman–Crippen MR) is 88.0 cm³/mol. The average Bonchev–Trinajstić information content (AvgIpc) is 2.63. The second-order valence-corrected chi connectivity index (χ2v) is 6.28. The van der Waals surface area contributed by atoms with Crippen LogP contribution in [0.1, 0.15) is 29.0 Å². The molecular weight excluding hydrogens is 371 g/mol. The van der Waals surface area contributed by atoms with Gasteiger partial charge in [-0.05, 0) is 24.3 Å². The molecule has 5 nitrogen and oxygen atoms in total. The normalized spacial score (nSPS) is 15.8. The van der Waals surface area contributed by atoms with E-state index in [2.05, 4.69) is 9.97 Å². The molecule has 3 rings (SSSR count). The third-order valence-electron chi connectivity index (χ3n) is 4.01. The van der Waals surface area contributed by atoms with Crippen molar-refractivity contribution < 1.29 is 22.7 Å². The summed E-state index contributed by atoms with van der Waals surface area (Å²) in [4.78, 5) is 20.8. The zero-order chi connectivity index (χ0) is 18.7. The van der Waals surface area contributed by atoms with Gasteiger partial charge < -0.3 is 9.64 Å². The molecular formula is C17H15ClF3N3O2. The standard InChI is InChI=1S/C17H15ClF3N3O2/c18-11-1-3-12(4-2-11)26-13-5-7-24(8-6-13)16(25)14-9-23-15(10-22-14)17(19,20)21/h1-4,9-10,13H,5-8H2. The van der Waals surface area contributed by atoms with Gasteiger partial charge in [0, 0.05) is 31.0 Å². The van der Waals surface area contributed by atoms with Crippen molar-refractivity contribution in [2.45, 2.75) is 25.1 Å². The number of amides is 1. The third kappa shape index (κ3) is 4.43. The second kappa shape index (κ2) is 7.49. The first-order chi connectivity index (χ1) is 12.3. The van der Waals surface area contributed by atoms with Gasteiger partial charge in [-0.2, -0.15) is 13.2 Å². The molecule has 1 aliphatic heterocycles. The van der Waals surface area contributed by atoms with E-state index in [9.17, 15) is 18.0 Å². The van der Waals surface area contributed by atoms with Crippen LogP contribution in [-0.2, 0) is 6.18 Å². The zero-order valence-electron chi connectivity index (χ0n) is 13.5. The highest BCUT2D eigenvalue weighted by atomic mass is 35.5. The number of likely N-dealkylation sites (tertiary alicyclic amines) is 1. The van der Waals surface area contributed by atoms with Crippen molar-refractivity contribution in [1.29, 1.82) is 0 Å². The third-order valence-corrected chi connectivity index (χ3v) is 4.26. The van der Waals surface area contributed by atoms with E-state index in [0.29, 0.717) is 42.9 Å². The summed E-state index contributed by atoms with van der Waals surface area (Å²) in [6.07, 6.45) is -1.96. The van der Waals surface area contributed by atoms with Crippen molar-refractivity contribution in [3.05, 3.63) is 53.1 Å². The number of halogens is 4. The number of ether oxygens (including phenoxy) is 1. The van der Waals surface area contributed by atoms with E-state index >= 15 is 0 Å². The summed E-state index contributed by atoms with van der Waals surface area (Å²) in [7, 11) is 0. The Bertz CT molecular complexity index is 758. The molecule has 138 valence electrons. The number of carbonyl (C=O) groups is 1. The van der Waals surface area contributed by atoms with E-state index in [1.54, 1.807) is 29.2 Å². The van der Waals surface area contributed by atoms with Crippen LogP contribution in [-0.4, -0.2) is 40.0 Å². The molecule has 2 aromatic rings. The maximum atomic E-state index is 12.5. The summed E-state index contributed by atoms with van der Waals surface area (Å²) in [5.74, 6) is 0.268. The Labute approximate surface area is 152 Å². The number of aromatic nitrogens is 2. The lowest BCUT2D eigenvalue weighted by Gasteiger charge is -2.32. The number of alkyl halides is 3. The Kier molecular flexibility index (Phi) is 5.31. The Hall–Kier alpha value is -2.35. The lowest BCUT2D eigenvalue weighted by atomic mass is 10.1. The summed E-state index contributed by atoms with van der Waals surface area (Å²) in [5.41, 5.74) is -1.22. The molecule has 26 heavy (non-hydrogen) atoms. The van der Waals surface area contributed by atoms with Crippen LogP contribution in [0.5, 0.6) is 5.75 Å². The monoisotopic (exact) mass is 385 g/mol. The van der Waals surface area contributed by atoms with Crippen LogP contribution >= 0.6 is 11.6 Å². The van der Waals surface area contributed by atoms with Crippen LogP contribution in [0.3, 0.4) is 0 Å². The van der Waals surface area contributed by atoms with Gasteiger partial charge in [-0.3, -0.25) is 4.79 Å². The molecule has 0 saturated carbocycles. The Morgan fingerprint density at radius 3 is 2.31 bits per heavy atom. The van der Waals surface area contributed by atoms with Gasteiger partial charge in [0.1, 0.15) is 17.5 Å². The van der Waals surface area contributed by atoms with E-state index in [1.807, 2.05) is 0 Å².